The predicted molar refractivity (Wildman–Crippen MR) is 113 cm³/mol. The Morgan fingerprint density at radius 3 is 2.34 bits per heavy atom. The number of carbonyl (C=O) groups excluding carboxylic acids is 1. The van der Waals surface area contributed by atoms with Gasteiger partial charge in [0, 0.05) is 12.5 Å². The Balaban J connectivity index is 1.34. The van der Waals surface area contributed by atoms with Gasteiger partial charge < -0.3 is 10.1 Å². The van der Waals surface area contributed by atoms with Crippen LogP contribution in [0.25, 0.3) is 17.2 Å². The van der Waals surface area contributed by atoms with Crippen molar-refractivity contribution in [3.63, 3.8) is 0 Å². The summed E-state index contributed by atoms with van der Waals surface area (Å²) in [6.45, 7) is 2.48. The molecule has 3 aromatic carbocycles. The molecule has 29 heavy (non-hydrogen) atoms. The molecule has 3 aromatic rings. The summed E-state index contributed by atoms with van der Waals surface area (Å²) in [5, 5.41) is 2.73. The van der Waals surface area contributed by atoms with E-state index in [-0.39, 0.29) is 11.7 Å². The molecule has 3 nitrogen and oxygen atoms in total. The number of hydrogen-bond donors (Lipinski definition) is 1. The fourth-order valence-corrected chi connectivity index (χ4v) is 3.80. The molecule has 0 unspecified atom stereocenters. The molecule has 0 bridgehead atoms. The molecule has 4 heteroatoms. The Morgan fingerprint density at radius 1 is 1.03 bits per heavy atom. The minimum atomic E-state index is -0.452. The molecular formula is C25H22FNO2. The van der Waals surface area contributed by atoms with Gasteiger partial charge in [-0.1, -0.05) is 66.7 Å². The monoisotopic (exact) mass is 387 g/mol. The van der Waals surface area contributed by atoms with Gasteiger partial charge in [0.1, 0.15) is 12.4 Å². The van der Waals surface area contributed by atoms with Crippen LogP contribution in [0.1, 0.15) is 28.2 Å². The van der Waals surface area contributed by atoms with Gasteiger partial charge in [-0.15, -0.1) is 0 Å². The number of ether oxygens (including phenoxy) is 1. The first-order valence-corrected chi connectivity index (χ1v) is 9.65. The standard InChI is InChI=1S/C25H22FNO2/c1-17-15-19(26)13-12-18(17)7-6-14-27-25(28)29-16-24-22-10-4-2-8-20(22)21-9-3-5-11-23(21)24/h2-13,15,24H,14,16H2,1H3,(H,27,28). The molecule has 0 atom stereocenters. The molecule has 0 heterocycles. The van der Waals surface area contributed by atoms with E-state index in [1.54, 1.807) is 6.07 Å². The highest BCUT2D eigenvalue weighted by Crippen LogP contribution is 2.44. The zero-order valence-corrected chi connectivity index (χ0v) is 16.2. The Morgan fingerprint density at radius 2 is 1.69 bits per heavy atom. The van der Waals surface area contributed by atoms with Crippen molar-refractivity contribution in [2.75, 3.05) is 13.2 Å². The topological polar surface area (TPSA) is 38.3 Å². The van der Waals surface area contributed by atoms with E-state index in [0.29, 0.717) is 13.2 Å². The van der Waals surface area contributed by atoms with Crippen molar-refractivity contribution in [2.24, 2.45) is 0 Å². The second kappa shape index (κ2) is 8.31. The van der Waals surface area contributed by atoms with Crippen molar-refractivity contribution in [3.05, 3.63) is 101 Å². The lowest BCUT2D eigenvalue weighted by atomic mass is 9.98. The van der Waals surface area contributed by atoms with E-state index >= 15 is 0 Å². The zero-order valence-electron chi connectivity index (χ0n) is 16.2. The number of benzene rings is 3. The Labute approximate surface area is 169 Å². The highest BCUT2D eigenvalue weighted by Gasteiger charge is 2.28. The van der Waals surface area contributed by atoms with Gasteiger partial charge in [0.05, 0.1) is 0 Å². The summed E-state index contributed by atoms with van der Waals surface area (Å²) in [6.07, 6.45) is 3.23. The Hall–Kier alpha value is -3.40. The normalized spacial score (nSPS) is 12.6. The van der Waals surface area contributed by atoms with Crippen molar-refractivity contribution in [2.45, 2.75) is 12.8 Å². The fraction of sp³-hybridized carbons (Fsp3) is 0.160. The van der Waals surface area contributed by atoms with Gasteiger partial charge in [-0.2, -0.15) is 0 Å². The largest absolute Gasteiger partial charge is 0.449 e. The van der Waals surface area contributed by atoms with Crippen LogP contribution in [-0.2, 0) is 4.74 Å². The molecule has 0 radical (unpaired) electrons. The van der Waals surface area contributed by atoms with Gasteiger partial charge in [-0.05, 0) is 52.4 Å². The number of rotatable bonds is 5. The fourth-order valence-electron chi connectivity index (χ4n) is 3.80. The van der Waals surface area contributed by atoms with Crippen LogP contribution in [0, 0.1) is 12.7 Å². The summed E-state index contributed by atoms with van der Waals surface area (Å²) < 4.78 is 18.6. The maximum Gasteiger partial charge on any atom is 0.407 e. The molecule has 0 spiro atoms. The first-order valence-electron chi connectivity index (χ1n) is 9.65. The van der Waals surface area contributed by atoms with Crippen molar-refractivity contribution in [1.82, 2.24) is 5.32 Å². The van der Waals surface area contributed by atoms with Gasteiger partial charge in [-0.3, -0.25) is 0 Å². The third-order valence-corrected chi connectivity index (χ3v) is 5.24. The van der Waals surface area contributed by atoms with Gasteiger partial charge in [-0.25, -0.2) is 9.18 Å². The molecule has 0 saturated carbocycles. The van der Waals surface area contributed by atoms with Gasteiger partial charge in [0.15, 0.2) is 0 Å². The number of amides is 1. The number of aryl methyl sites for hydroxylation is 1. The summed E-state index contributed by atoms with van der Waals surface area (Å²) in [4.78, 5) is 12.1. The molecule has 1 amide bonds. The van der Waals surface area contributed by atoms with E-state index in [2.05, 4.69) is 29.6 Å². The summed E-state index contributed by atoms with van der Waals surface area (Å²) in [7, 11) is 0. The maximum atomic E-state index is 13.1. The molecule has 0 aliphatic heterocycles. The first kappa shape index (κ1) is 18.9. The second-order valence-corrected chi connectivity index (χ2v) is 7.11. The first-order chi connectivity index (χ1) is 14.1. The third kappa shape index (κ3) is 4.06. The van der Waals surface area contributed by atoms with Crippen LogP contribution in [0.2, 0.25) is 0 Å². The summed E-state index contributed by atoms with van der Waals surface area (Å²) in [5.41, 5.74) is 6.55. The van der Waals surface area contributed by atoms with E-state index in [1.165, 1.54) is 34.4 Å². The van der Waals surface area contributed by atoms with Gasteiger partial charge in [0.25, 0.3) is 0 Å². The van der Waals surface area contributed by atoms with Crippen LogP contribution in [-0.4, -0.2) is 19.2 Å². The van der Waals surface area contributed by atoms with Crippen molar-refractivity contribution >= 4 is 12.2 Å². The smallest absolute Gasteiger partial charge is 0.407 e. The number of hydrogen-bond acceptors (Lipinski definition) is 2. The SMILES string of the molecule is Cc1cc(F)ccc1C=CCNC(=O)OCC1c2ccccc2-c2ccccc21. The molecule has 0 fully saturated rings. The summed E-state index contributed by atoms with van der Waals surface area (Å²) in [5.74, 6) is -0.207. The number of carbonyl (C=O) groups is 1. The average Bonchev–Trinajstić information content (AvgIpc) is 3.05. The quantitative estimate of drug-likeness (QED) is 0.611. The maximum absolute atomic E-state index is 13.1. The zero-order chi connectivity index (χ0) is 20.2. The third-order valence-electron chi connectivity index (χ3n) is 5.24. The summed E-state index contributed by atoms with van der Waals surface area (Å²) >= 11 is 0. The summed E-state index contributed by atoms with van der Waals surface area (Å²) in [6, 6.07) is 21.1. The van der Waals surface area contributed by atoms with Crippen molar-refractivity contribution < 1.29 is 13.9 Å². The highest BCUT2D eigenvalue weighted by atomic mass is 19.1. The number of nitrogens with one attached hydrogen (secondary N) is 1. The van der Waals surface area contributed by atoms with Crippen LogP contribution in [0.5, 0.6) is 0 Å². The second-order valence-electron chi connectivity index (χ2n) is 7.11. The molecule has 0 aromatic heterocycles. The lowest BCUT2D eigenvalue weighted by molar-refractivity contribution is 0.144. The predicted octanol–water partition coefficient (Wildman–Crippen LogP) is 5.69. The van der Waals surface area contributed by atoms with E-state index in [4.69, 9.17) is 4.74 Å². The molecule has 146 valence electrons. The molecule has 1 N–H and O–H groups in total. The Kier molecular flexibility index (Phi) is 5.43. The number of halogens is 1. The van der Waals surface area contributed by atoms with Crippen LogP contribution < -0.4 is 5.32 Å². The molecule has 1 aliphatic carbocycles. The lowest BCUT2D eigenvalue weighted by Gasteiger charge is -2.14. The molecule has 4 rings (SSSR count). The minimum Gasteiger partial charge on any atom is -0.449 e. The molecule has 0 saturated heterocycles. The van der Waals surface area contributed by atoms with Gasteiger partial charge in [0.2, 0.25) is 0 Å². The lowest BCUT2D eigenvalue weighted by Crippen LogP contribution is -2.26. The minimum absolute atomic E-state index is 0.0468. The van der Waals surface area contributed by atoms with E-state index < -0.39 is 6.09 Å². The molecular weight excluding hydrogens is 365 g/mol. The molecule has 1 aliphatic rings. The highest BCUT2D eigenvalue weighted by molar-refractivity contribution is 5.79. The van der Waals surface area contributed by atoms with Crippen molar-refractivity contribution in [3.8, 4) is 11.1 Å². The van der Waals surface area contributed by atoms with E-state index in [0.717, 1.165) is 11.1 Å². The van der Waals surface area contributed by atoms with Crippen molar-refractivity contribution in [1.29, 1.82) is 0 Å². The van der Waals surface area contributed by atoms with Crippen LogP contribution in [0.4, 0.5) is 9.18 Å². The van der Waals surface area contributed by atoms with Gasteiger partial charge >= 0.3 is 6.09 Å². The van der Waals surface area contributed by atoms with Crippen LogP contribution >= 0.6 is 0 Å². The van der Waals surface area contributed by atoms with Crippen LogP contribution in [0.15, 0.2) is 72.8 Å². The van der Waals surface area contributed by atoms with E-state index in [1.807, 2.05) is 43.3 Å². The average molecular weight is 387 g/mol. The van der Waals surface area contributed by atoms with Crippen LogP contribution in [0.3, 0.4) is 0 Å². The number of fused-ring (bicyclic) bond motifs is 3. The number of alkyl carbamates (subject to hydrolysis) is 1. The Bertz CT molecular complexity index is 1030. The van der Waals surface area contributed by atoms with E-state index in [9.17, 15) is 9.18 Å².